The molecule has 5 aliphatic rings. The summed E-state index contributed by atoms with van der Waals surface area (Å²) in [6, 6.07) is 0. The maximum atomic E-state index is 12.2. The van der Waals surface area contributed by atoms with Gasteiger partial charge in [0.2, 0.25) is 0 Å². The summed E-state index contributed by atoms with van der Waals surface area (Å²) in [5.74, 6) is -1.84. The number of ether oxygens (including phenoxy) is 10. The summed E-state index contributed by atoms with van der Waals surface area (Å²) in [6.07, 6.45) is -47.7. The number of hydrogen-bond acceptors (Lipinski definition) is 27. The van der Waals surface area contributed by atoms with E-state index in [0.29, 0.717) is 0 Å². The molecular formula is C32H55NO27. The Labute approximate surface area is 338 Å². The molecule has 5 fully saturated rings. The van der Waals surface area contributed by atoms with E-state index in [4.69, 9.17) is 53.1 Å². The molecule has 0 spiro atoms. The van der Waals surface area contributed by atoms with Crippen molar-refractivity contribution in [3.8, 4) is 0 Å². The van der Waals surface area contributed by atoms with Gasteiger partial charge in [0, 0.05) is 6.54 Å². The Morgan fingerprint density at radius 3 is 1.12 bits per heavy atom. The molecule has 0 aromatic rings. The molecule has 60 heavy (non-hydrogen) atoms. The molecule has 0 aromatic heterocycles. The van der Waals surface area contributed by atoms with Crippen molar-refractivity contribution in [2.45, 2.75) is 154 Å². The van der Waals surface area contributed by atoms with Crippen LogP contribution in [0.15, 0.2) is 0 Å². The molecule has 15 unspecified atom stereocenters. The monoisotopic (exact) mass is 885 g/mol. The van der Waals surface area contributed by atoms with Crippen molar-refractivity contribution in [3.63, 3.8) is 0 Å². The van der Waals surface area contributed by atoms with Gasteiger partial charge in [0.15, 0.2) is 37.6 Å². The molecule has 5 saturated heterocycles. The highest BCUT2D eigenvalue weighted by Crippen LogP contribution is 2.35. The second-order valence-corrected chi connectivity index (χ2v) is 14.6. The summed E-state index contributed by atoms with van der Waals surface area (Å²) >= 11 is 0. The van der Waals surface area contributed by atoms with Gasteiger partial charge in [0.1, 0.15) is 116 Å². The molecule has 0 saturated carbocycles. The first-order chi connectivity index (χ1) is 28.4. The highest BCUT2D eigenvalue weighted by atomic mass is 16.8. The van der Waals surface area contributed by atoms with Crippen molar-refractivity contribution < 1.29 is 134 Å². The minimum atomic E-state index is -2.25. The zero-order valence-electron chi connectivity index (χ0n) is 31.4. The Morgan fingerprint density at radius 1 is 0.417 bits per heavy atom. The average Bonchev–Trinajstić information content (AvgIpc) is 3.23. The largest absolute Gasteiger partial charge is 0.479 e. The number of hydrogen-bond donors (Lipinski definition) is 17. The summed E-state index contributed by atoms with van der Waals surface area (Å²) < 4.78 is 54.4. The molecule has 0 aliphatic carbocycles. The normalized spacial score (nSPS) is 50.4. The topological polar surface area (TPSA) is 459 Å². The standard InChI is InChI=1S/C32H55NO27/c33-1-2-51-28-18(45)13(40)22(8(4-35)53-28)56-30-19(46)14(41)23(9(5-36)54-30)57-31-20(47)15(42)24(10(6-37)55-31)58-32-21(48)16(43)25(26(60-32)27(49)50)59-29-17(44)12(39)11(38)7(3-34)52-29/h7-26,28-32,34-48H,1-6,33H2,(H,49,50)/t7?,8?,9?,10?,11-,12?,13?,14?,15?,16?,17?,18?,19?,20?,21?,22+,23-,24-,25+,26?,28+,29-,30-,31+,32-/m1/s1. The Hall–Kier alpha value is -1.57. The van der Waals surface area contributed by atoms with E-state index in [-0.39, 0.29) is 13.2 Å². The Balaban J connectivity index is 1.23. The lowest BCUT2D eigenvalue weighted by atomic mass is 9.95. The predicted molar refractivity (Wildman–Crippen MR) is 180 cm³/mol. The number of aliphatic carboxylic acids is 1. The van der Waals surface area contributed by atoms with Crippen LogP contribution in [0.4, 0.5) is 0 Å². The zero-order chi connectivity index (χ0) is 44.3. The third-order valence-corrected chi connectivity index (χ3v) is 10.7. The summed E-state index contributed by atoms with van der Waals surface area (Å²) in [6.45, 7) is -3.73. The van der Waals surface area contributed by atoms with Crippen LogP contribution < -0.4 is 5.73 Å². The van der Waals surface area contributed by atoms with E-state index < -0.39 is 186 Å². The maximum absolute atomic E-state index is 12.2. The third kappa shape index (κ3) is 10.2. The SMILES string of the molecule is NCCO[C@H]1OC(CO)[C@H](O[C@H]2OC(CO)[C@@H](O[C@@H]3OC(CO)[C@@H](O[C@@H]4OC(C(=O)O)[C@@H](O[C@H]5OC(CO)[C@@H](O)C(O)C5O)C(O)C4O)C(O)C3O)C(O)C2O)C(O)C1O. The van der Waals surface area contributed by atoms with Crippen molar-refractivity contribution in [2.75, 3.05) is 39.6 Å². The van der Waals surface area contributed by atoms with Crippen LogP contribution in [0.1, 0.15) is 0 Å². The summed E-state index contributed by atoms with van der Waals surface area (Å²) in [7, 11) is 0. The molecule has 0 bridgehead atoms. The van der Waals surface area contributed by atoms with Gasteiger partial charge in [-0.25, -0.2) is 4.79 Å². The van der Waals surface area contributed by atoms with E-state index in [1.165, 1.54) is 0 Å². The maximum Gasteiger partial charge on any atom is 0.335 e. The van der Waals surface area contributed by atoms with E-state index in [2.05, 4.69) is 0 Å². The zero-order valence-corrected chi connectivity index (χ0v) is 31.4. The van der Waals surface area contributed by atoms with Crippen LogP contribution in [0.3, 0.4) is 0 Å². The number of aliphatic hydroxyl groups is 15. The van der Waals surface area contributed by atoms with Crippen molar-refractivity contribution in [1.82, 2.24) is 0 Å². The highest BCUT2D eigenvalue weighted by molar-refractivity contribution is 5.73. The van der Waals surface area contributed by atoms with Crippen LogP contribution >= 0.6 is 0 Å². The van der Waals surface area contributed by atoms with Crippen LogP contribution in [-0.2, 0) is 52.2 Å². The van der Waals surface area contributed by atoms with Gasteiger partial charge in [-0.2, -0.15) is 0 Å². The first-order valence-corrected chi connectivity index (χ1v) is 18.8. The van der Waals surface area contributed by atoms with Crippen molar-refractivity contribution in [3.05, 3.63) is 0 Å². The number of carboxylic acid groups (broad SMARTS) is 1. The molecule has 0 aromatic carbocycles. The minimum absolute atomic E-state index is 0.0344. The van der Waals surface area contributed by atoms with Gasteiger partial charge in [0.05, 0.1) is 33.0 Å². The van der Waals surface area contributed by atoms with Gasteiger partial charge in [0.25, 0.3) is 0 Å². The minimum Gasteiger partial charge on any atom is -0.479 e. The van der Waals surface area contributed by atoms with Crippen LogP contribution in [0, 0.1) is 0 Å². The van der Waals surface area contributed by atoms with Gasteiger partial charge < -0.3 is 135 Å². The molecular weight excluding hydrogens is 830 g/mol. The van der Waals surface area contributed by atoms with Crippen LogP contribution in [-0.4, -0.2) is 281 Å². The van der Waals surface area contributed by atoms with Crippen LogP contribution in [0.2, 0.25) is 0 Å². The fourth-order valence-corrected chi connectivity index (χ4v) is 7.31. The molecule has 18 N–H and O–H groups in total. The average molecular weight is 886 g/mol. The third-order valence-electron chi connectivity index (χ3n) is 10.7. The number of carbonyl (C=O) groups is 1. The summed E-state index contributed by atoms with van der Waals surface area (Å²) in [4.78, 5) is 12.2. The van der Waals surface area contributed by atoms with Gasteiger partial charge in [-0.05, 0) is 0 Å². The van der Waals surface area contributed by atoms with Crippen LogP contribution in [0.5, 0.6) is 0 Å². The van der Waals surface area contributed by atoms with E-state index in [1.807, 2.05) is 0 Å². The molecule has 28 heteroatoms. The smallest absolute Gasteiger partial charge is 0.335 e. The van der Waals surface area contributed by atoms with Crippen molar-refractivity contribution >= 4 is 5.97 Å². The predicted octanol–water partition coefficient (Wildman–Crippen LogP) is -11.8. The van der Waals surface area contributed by atoms with E-state index >= 15 is 0 Å². The lowest BCUT2D eigenvalue weighted by molar-refractivity contribution is -0.391. The van der Waals surface area contributed by atoms with Crippen LogP contribution in [0.25, 0.3) is 0 Å². The van der Waals surface area contributed by atoms with Gasteiger partial charge >= 0.3 is 5.97 Å². The number of carboxylic acids is 1. The Kier molecular flexibility index (Phi) is 17.6. The molecule has 25 atom stereocenters. The second kappa shape index (κ2) is 21.4. The molecule has 5 rings (SSSR count). The fourth-order valence-electron chi connectivity index (χ4n) is 7.31. The summed E-state index contributed by atoms with van der Waals surface area (Å²) in [5.41, 5.74) is 5.39. The molecule has 28 nitrogen and oxygen atoms in total. The molecule has 350 valence electrons. The van der Waals surface area contributed by atoms with Gasteiger partial charge in [-0.3, -0.25) is 0 Å². The quantitative estimate of drug-likeness (QED) is 0.0684. The molecule has 5 heterocycles. The lowest BCUT2D eigenvalue weighted by Crippen LogP contribution is -2.68. The van der Waals surface area contributed by atoms with E-state index in [1.54, 1.807) is 0 Å². The first-order valence-electron chi connectivity index (χ1n) is 18.8. The Bertz CT molecular complexity index is 1330. The number of aliphatic hydroxyl groups excluding tert-OH is 15. The van der Waals surface area contributed by atoms with E-state index in [9.17, 15) is 86.5 Å². The van der Waals surface area contributed by atoms with Gasteiger partial charge in [-0.15, -0.1) is 0 Å². The summed E-state index contributed by atoms with van der Waals surface area (Å²) in [5, 5.41) is 167. The molecule has 0 radical (unpaired) electrons. The van der Waals surface area contributed by atoms with E-state index in [0.717, 1.165) is 0 Å². The fraction of sp³-hybridized carbons (Fsp3) is 0.969. The molecule has 5 aliphatic heterocycles. The van der Waals surface area contributed by atoms with Gasteiger partial charge in [-0.1, -0.05) is 0 Å². The number of rotatable bonds is 16. The Morgan fingerprint density at radius 2 is 0.733 bits per heavy atom. The first kappa shape index (κ1) is 49.4. The lowest BCUT2D eigenvalue weighted by Gasteiger charge is -2.49. The molecule has 0 amide bonds. The van der Waals surface area contributed by atoms with Crippen molar-refractivity contribution in [1.29, 1.82) is 0 Å². The highest BCUT2D eigenvalue weighted by Gasteiger charge is 2.57. The number of nitrogens with two attached hydrogens (primary N) is 1. The second-order valence-electron chi connectivity index (χ2n) is 14.6. The van der Waals surface area contributed by atoms with Crippen molar-refractivity contribution in [2.24, 2.45) is 5.73 Å².